The number of nitrogens with one attached hydrogen (secondary N) is 1. The van der Waals surface area contributed by atoms with Gasteiger partial charge in [-0.15, -0.1) is 0 Å². The van der Waals surface area contributed by atoms with Crippen LogP contribution in [0.1, 0.15) is 18.7 Å². The molecule has 2 saturated heterocycles. The Labute approximate surface area is 154 Å². The Hall–Kier alpha value is -2.19. The molecule has 3 amide bonds. The summed E-state index contributed by atoms with van der Waals surface area (Å²) in [6.07, 6.45) is 1.72. The minimum absolute atomic E-state index is 0.108. The second kappa shape index (κ2) is 8.95. The molecular weight excluding hydrogens is 334 g/mol. The lowest BCUT2D eigenvalue weighted by Gasteiger charge is -2.36. The van der Waals surface area contributed by atoms with E-state index in [1.807, 2.05) is 30.0 Å². The number of aromatic nitrogens is 1. The Kier molecular flexibility index (Phi) is 6.40. The van der Waals surface area contributed by atoms with Crippen LogP contribution in [0.5, 0.6) is 0 Å². The fourth-order valence-electron chi connectivity index (χ4n) is 3.19. The minimum atomic E-state index is -0.148. The first-order chi connectivity index (χ1) is 12.6. The average molecular weight is 361 g/mol. The molecule has 8 nitrogen and oxygen atoms in total. The lowest BCUT2D eigenvalue weighted by Crippen LogP contribution is -2.55. The van der Waals surface area contributed by atoms with Gasteiger partial charge in [0.25, 0.3) is 0 Å². The van der Waals surface area contributed by atoms with E-state index in [9.17, 15) is 9.59 Å². The number of rotatable bonds is 4. The van der Waals surface area contributed by atoms with E-state index >= 15 is 0 Å². The molecular formula is C18H27N5O3. The molecule has 0 unspecified atom stereocenters. The van der Waals surface area contributed by atoms with Gasteiger partial charge in [0.05, 0.1) is 31.5 Å². The molecule has 2 aliphatic rings. The van der Waals surface area contributed by atoms with Crippen molar-refractivity contribution in [3.63, 3.8) is 0 Å². The molecule has 0 aliphatic carbocycles. The fourth-order valence-corrected chi connectivity index (χ4v) is 3.19. The molecule has 2 fully saturated rings. The third-order valence-electron chi connectivity index (χ3n) is 4.85. The summed E-state index contributed by atoms with van der Waals surface area (Å²) in [4.78, 5) is 34.9. The van der Waals surface area contributed by atoms with Crippen molar-refractivity contribution in [2.24, 2.45) is 0 Å². The summed E-state index contributed by atoms with van der Waals surface area (Å²) in [6.45, 7) is 7.60. The highest BCUT2D eigenvalue weighted by molar-refractivity contribution is 5.79. The highest BCUT2D eigenvalue weighted by Gasteiger charge is 2.26. The first-order valence-corrected chi connectivity index (χ1v) is 9.18. The summed E-state index contributed by atoms with van der Waals surface area (Å²) >= 11 is 0. The number of carbonyl (C=O) groups excluding carboxylic acids is 2. The molecule has 8 heteroatoms. The van der Waals surface area contributed by atoms with Crippen molar-refractivity contribution in [3.05, 3.63) is 30.1 Å². The summed E-state index contributed by atoms with van der Waals surface area (Å²) in [5, 5.41) is 2.97. The summed E-state index contributed by atoms with van der Waals surface area (Å²) in [5.74, 6) is 0.133. The van der Waals surface area contributed by atoms with Gasteiger partial charge in [0.2, 0.25) is 5.91 Å². The number of carbonyl (C=O) groups is 2. The summed E-state index contributed by atoms with van der Waals surface area (Å²) in [7, 11) is 0. The van der Waals surface area contributed by atoms with E-state index in [0.29, 0.717) is 45.9 Å². The molecule has 0 radical (unpaired) electrons. The van der Waals surface area contributed by atoms with E-state index < -0.39 is 0 Å². The van der Waals surface area contributed by atoms with Crippen molar-refractivity contribution >= 4 is 11.9 Å². The molecule has 3 rings (SSSR count). The molecule has 1 aromatic heterocycles. The molecule has 2 aliphatic heterocycles. The Bertz CT molecular complexity index is 598. The lowest BCUT2D eigenvalue weighted by atomic mass is 10.2. The van der Waals surface area contributed by atoms with Crippen molar-refractivity contribution in [2.45, 2.75) is 13.0 Å². The van der Waals surface area contributed by atoms with Crippen molar-refractivity contribution in [1.29, 1.82) is 0 Å². The maximum absolute atomic E-state index is 12.4. The van der Waals surface area contributed by atoms with Gasteiger partial charge in [-0.2, -0.15) is 0 Å². The lowest BCUT2D eigenvalue weighted by molar-refractivity contribution is -0.134. The van der Waals surface area contributed by atoms with Crippen LogP contribution in [-0.4, -0.2) is 90.6 Å². The maximum Gasteiger partial charge on any atom is 0.318 e. The van der Waals surface area contributed by atoms with Gasteiger partial charge in [0, 0.05) is 45.5 Å². The maximum atomic E-state index is 12.4. The molecule has 1 atom stereocenters. The number of hydrogen-bond donors (Lipinski definition) is 1. The molecule has 26 heavy (non-hydrogen) atoms. The van der Waals surface area contributed by atoms with Crippen molar-refractivity contribution in [1.82, 2.24) is 25.0 Å². The highest BCUT2D eigenvalue weighted by atomic mass is 16.5. The summed E-state index contributed by atoms with van der Waals surface area (Å²) in [6, 6.07) is 5.40. The molecule has 0 spiro atoms. The minimum Gasteiger partial charge on any atom is -0.379 e. The van der Waals surface area contributed by atoms with Crippen molar-refractivity contribution in [2.75, 3.05) is 59.0 Å². The van der Waals surface area contributed by atoms with Crippen LogP contribution in [0.4, 0.5) is 4.79 Å². The molecule has 0 aromatic carbocycles. The van der Waals surface area contributed by atoms with Crippen LogP contribution < -0.4 is 5.32 Å². The molecule has 142 valence electrons. The largest absolute Gasteiger partial charge is 0.379 e. The standard InChI is InChI=1S/C18H27N5O3/c1-15(16-4-2-3-5-19-16)20-18(25)23-8-6-22(7-9-23)17(24)14-21-10-12-26-13-11-21/h2-5,15H,6-14H2,1H3,(H,20,25)/t15-/m0/s1. The van der Waals surface area contributed by atoms with Gasteiger partial charge in [0.15, 0.2) is 0 Å². The molecule has 3 heterocycles. The van der Waals surface area contributed by atoms with E-state index in [-0.39, 0.29) is 18.0 Å². The van der Waals surface area contributed by atoms with Gasteiger partial charge in [-0.3, -0.25) is 14.7 Å². The third-order valence-corrected chi connectivity index (χ3v) is 4.85. The monoisotopic (exact) mass is 361 g/mol. The second-order valence-corrected chi connectivity index (χ2v) is 6.68. The van der Waals surface area contributed by atoms with Crippen LogP contribution in [0.25, 0.3) is 0 Å². The van der Waals surface area contributed by atoms with Gasteiger partial charge < -0.3 is 19.9 Å². The van der Waals surface area contributed by atoms with Gasteiger partial charge in [0.1, 0.15) is 0 Å². The second-order valence-electron chi connectivity index (χ2n) is 6.68. The number of ether oxygens (including phenoxy) is 1. The Morgan fingerprint density at radius 1 is 1.12 bits per heavy atom. The number of hydrogen-bond acceptors (Lipinski definition) is 5. The zero-order valence-corrected chi connectivity index (χ0v) is 15.3. The van der Waals surface area contributed by atoms with Gasteiger partial charge in [-0.05, 0) is 19.1 Å². The molecule has 1 N–H and O–H groups in total. The number of morpholine rings is 1. The van der Waals surface area contributed by atoms with E-state index in [0.717, 1.165) is 18.8 Å². The van der Waals surface area contributed by atoms with Gasteiger partial charge in [-0.1, -0.05) is 6.07 Å². The summed E-state index contributed by atoms with van der Waals surface area (Å²) in [5.41, 5.74) is 0.833. The molecule has 0 saturated carbocycles. The zero-order chi connectivity index (χ0) is 18.4. The Balaban J connectivity index is 1.42. The van der Waals surface area contributed by atoms with Crippen LogP contribution >= 0.6 is 0 Å². The zero-order valence-electron chi connectivity index (χ0n) is 15.3. The van der Waals surface area contributed by atoms with Crippen LogP contribution in [0.3, 0.4) is 0 Å². The predicted octanol–water partition coefficient (Wildman–Crippen LogP) is 0.329. The van der Waals surface area contributed by atoms with Gasteiger partial charge >= 0.3 is 6.03 Å². The number of nitrogens with zero attached hydrogens (tertiary/aromatic N) is 4. The highest BCUT2D eigenvalue weighted by Crippen LogP contribution is 2.10. The van der Waals surface area contributed by atoms with Crippen LogP contribution in [0.2, 0.25) is 0 Å². The van der Waals surface area contributed by atoms with E-state index in [1.54, 1.807) is 11.1 Å². The Morgan fingerprint density at radius 3 is 2.46 bits per heavy atom. The Morgan fingerprint density at radius 2 is 1.81 bits per heavy atom. The SMILES string of the molecule is C[C@H](NC(=O)N1CCN(C(=O)CN2CCOCC2)CC1)c1ccccn1. The van der Waals surface area contributed by atoms with Crippen molar-refractivity contribution in [3.8, 4) is 0 Å². The van der Waals surface area contributed by atoms with Gasteiger partial charge in [-0.25, -0.2) is 4.79 Å². The first-order valence-electron chi connectivity index (χ1n) is 9.18. The fraction of sp³-hybridized carbons (Fsp3) is 0.611. The smallest absolute Gasteiger partial charge is 0.318 e. The third kappa shape index (κ3) is 4.92. The van der Waals surface area contributed by atoms with Crippen molar-refractivity contribution < 1.29 is 14.3 Å². The first kappa shape index (κ1) is 18.6. The predicted molar refractivity (Wildman–Crippen MR) is 96.6 cm³/mol. The summed E-state index contributed by atoms with van der Waals surface area (Å²) < 4.78 is 5.31. The van der Waals surface area contributed by atoms with Crippen LogP contribution in [0.15, 0.2) is 24.4 Å². The van der Waals surface area contributed by atoms with E-state index in [4.69, 9.17) is 4.74 Å². The number of pyridine rings is 1. The van der Waals surface area contributed by atoms with Crippen LogP contribution in [-0.2, 0) is 9.53 Å². The number of amides is 3. The normalized spacial score (nSPS) is 19.9. The van der Waals surface area contributed by atoms with E-state index in [1.165, 1.54) is 0 Å². The van der Waals surface area contributed by atoms with E-state index in [2.05, 4.69) is 15.2 Å². The molecule has 1 aromatic rings. The molecule has 0 bridgehead atoms. The van der Waals surface area contributed by atoms with Crippen LogP contribution in [0, 0.1) is 0 Å². The average Bonchev–Trinajstić information content (AvgIpc) is 2.69. The number of piperazine rings is 1. The quantitative estimate of drug-likeness (QED) is 0.836. The topological polar surface area (TPSA) is 78.0 Å². The number of urea groups is 1.